The predicted octanol–water partition coefficient (Wildman–Crippen LogP) is 1.75. The number of aromatic nitrogens is 1. The molecule has 1 aromatic heterocycles. The SMILES string of the molecule is CNC(=O)C1CCCCN1c1cc([N+](=O)[O-])cc(Cl)n1. The molecule has 108 valence electrons. The van der Waals surface area contributed by atoms with E-state index in [2.05, 4.69) is 10.3 Å². The van der Waals surface area contributed by atoms with Gasteiger partial charge in [0.2, 0.25) is 5.91 Å². The van der Waals surface area contributed by atoms with Crippen molar-refractivity contribution in [3.63, 3.8) is 0 Å². The summed E-state index contributed by atoms with van der Waals surface area (Å²) in [4.78, 5) is 28.2. The second-order valence-electron chi connectivity index (χ2n) is 4.58. The molecule has 2 heterocycles. The number of hydrogen-bond acceptors (Lipinski definition) is 5. The third-order valence-corrected chi connectivity index (χ3v) is 3.52. The Kier molecular flexibility index (Phi) is 4.39. The van der Waals surface area contributed by atoms with Crippen LogP contribution in [-0.4, -0.2) is 35.4 Å². The number of anilines is 1. The molecule has 20 heavy (non-hydrogen) atoms. The van der Waals surface area contributed by atoms with E-state index in [9.17, 15) is 14.9 Å². The molecular weight excluding hydrogens is 284 g/mol. The molecule has 7 nitrogen and oxygen atoms in total. The molecule has 0 radical (unpaired) electrons. The van der Waals surface area contributed by atoms with Crippen molar-refractivity contribution in [2.24, 2.45) is 0 Å². The van der Waals surface area contributed by atoms with Gasteiger partial charge in [0.05, 0.1) is 17.1 Å². The number of carbonyl (C=O) groups is 1. The van der Waals surface area contributed by atoms with Crippen LogP contribution < -0.4 is 10.2 Å². The standard InChI is InChI=1S/C12H15ClN4O3/c1-14-12(18)9-4-2-3-5-16(9)11-7-8(17(19)20)6-10(13)15-11/h6-7,9H,2-5H2,1H3,(H,14,18). The summed E-state index contributed by atoms with van der Waals surface area (Å²) in [5.74, 6) is 0.256. The van der Waals surface area contributed by atoms with Gasteiger partial charge in [0.15, 0.2) is 0 Å². The molecule has 0 saturated carbocycles. The van der Waals surface area contributed by atoms with Gasteiger partial charge in [-0.2, -0.15) is 0 Å². The van der Waals surface area contributed by atoms with Gasteiger partial charge in [0.25, 0.3) is 5.69 Å². The lowest BCUT2D eigenvalue weighted by Gasteiger charge is -2.35. The molecule has 1 fully saturated rings. The lowest BCUT2D eigenvalue weighted by atomic mass is 10.0. The van der Waals surface area contributed by atoms with E-state index in [1.54, 1.807) is 11.9 Å². The fourth-order valence-corrected chi connectivity index (χ4v) is 2.57. The summed E-state index contributed by atoms with van der Waals surface area (Å²) < 4.78 is 0. The molecule has 1 saturated heterocycles. The van der Waals surface area contributed by atoms with Gasteiger partial charge < -0.3 is 10.2 Å². The Bertz CT molecular complexity index is 537. The van der Waals surface area contributed by atoms with Crippen molar-refractivity contribution >= 4 is 29.0 Å². The Morgan fingerprint density at radius 3 is 2.95 bits per heavy atom. The van der Waals surface area contributed by atoms with Crippen LogP contribution in [0.4, 0.5) is 11.5 Å². The van der Waals surface area contributed by atoms with Gasteiger partial charge in [-0.3, -0.25) is 14.9 Å². The van der Waals surface area contributed by atoms with Gasteiger partial charge in [0, 0.05) is 13.6 Å². The number of nitrogens with zero attached hydrogens (tertiary/aromatic N) is 3. The minimum absolute atomic E-state index is 0.0513. The van der Waals surface area contributed by atoms with E-state index < -0.39 is 4.92 Å². The molecule has 0 spiro atoms. The van der Waals surface area contributed by atoms with Crippen molar-refractivity contribution in [3.8, 4) is 0 Å². The summed E-state index contributed by atoms with van der Waals surface area (Å²) in [5, 5.41) is 13.5. The summed E-state index contributed by atoms with van der Waals surface area (Å²) in [6.45, 7) is 0.628. The van der Waals surface area contributed by atoms with Crippen molar-refractivity contribution < 1.29 is 9.72 Å². The number of nitrogens with one attached hydrogen (secondary N) is 1. The van der Waals surface area contributed by atoms with E-state index in [0.29, 0.717) is 18.8 Å². The molecule has 1 unspecified atom stereocenters. The molecule has 1 aliphatic heterocycles. The molecule has 0 aromatic carbocycles. The molecule has 1 aliphatic rings. The first-order valence-corrected chi connectivity index (χ1v) is 6.71. The Morgan fingerprint density at radius 2 is 2.30 bits per heavy atom. The van der Waals surface area contributed by atoms with Gasteiger partial charge in [0.1, 0.15) is 17.0 Å². The highest BCUT2D eigenvalue weighted by Gasteiger charge is 2.30. The van der Waals surface area contributed by atoms with Crippen molar-refractivity contribution in [1.29, 1.82) is 0 Å². The number of piperidine rings is 1. The number of hydrogen-bond donors (Lipinski definition) is 1. The van der Waals surface area contributed by atoms with E-state index in [1.807, 2.05) is 0 Å². The fourth-order valence-electron chi connectivity index (χ4n) is 2.37. The number of rotatable bonds is 3. The highest BCUT2D eigenvalue weighted by Crippen LogP contribution is 2.28. The topological polar surface area (TPSA) is 88.4 Å². The molecule has 0 aliphatic carbocycles. The second-order valence-corrected chi connectivity index (χ2v) is 4.97. The van der Waals surface area contributed by atoms with Crippen LogP contribution in [0.2, 0.25) is 5.15 Å². The van der Waals surface area contributed by atoms with Crippen molar-refractivity contribution in [1.82, 2.24) is 10.3 Å². The second kappa shape index (κ2) is 6.04. The summed E-state index contributed by atoms with van der Waals surface area (Å²) in [6.07, 6.45) is 2.55. The van der Waals surface area contributed by atoms with Gasteiger partial charge in [-0.25, -0.2) is 4.98 Å². The monoisotopic (exact) mass is 298 g/mol. The van der Waals surface area contributed by atoms with Crippen molar-refractivity contribution in [2.75, 3.05) is 18.5 Å². The largest absolute Gasteiger partial charge is 0.357 e. The molecule has 2 rings (SSSR count). The van der Waals surface area contributed by atoms with Crippen molar-refractivity contribution in [2.45, 2.75) is 25.3 Å². The summed E-state index contributed by atoms with van der Waals surface area (Å²) in [7, 11) is 1.57. The quantitative estimate of drug-likeness (QED) is 0.522. The third-order valence-electron chi connectivity index (χ3n) is 3.32. The van der Waals surface area contributed by atoms with Gasteiger partial charge >= 0.3 is 0 Å². The lowest BCUT2D eigenvalue weighted by Crippen LogP contribution is -2.49. The minimum atomic E-state index is -0.518. The predicted molar refractivity (Wildman–Crippen MR) is 75.0 cm³/mol. The maximum atomic E-state index is 11.9. The van der Waals surface area contributed by atoms with Crippen molar-refractivity contribution in [3.05, 3.63) is 27.4 Å². The molecule has 0 bridgehead atoms. The highest BCUT2D eigenvalue weighted by molar-refractivity contribution is 6.29. The Morgan fingerprint density at radius 1 is 1.55 bits per heavy atom. The molecule has 8 heteroatoms. The van der Waals surface area contributed by atoms with Gasteiger partial charge in [-0.1, -0.05) is 11.6 Å². The van der Waals surface area contributed by atoms with E-state index >= 15 is 0 Å². The number of pyridine rings is 1. The summed E-state index contributed by atoms with van der Waals surface area (Å²) >= 11 is 5.83. The van der Waals surface area contributed by atoms with E-state index in [0.717, 1.165) is 12.8 Å². The first kappa shape index (κ1) is 14.5. The van der Waals surface area contributed by atoms with Crippen LogP contribution >= 0.6 is 11.6 Å². The van der Waals surface area contributed by atoms with Crippen LogP contribution in [0.25, 0.3) is 0 Å². The van der Waals surface area contributed by atoms with Gasteiger partial charge in [-0.05, 0) is 19.3 Å². The van der Waals surface area contributed by atoms with Crippen LogP contribution in [0.1, 0.15) is 19.3 Å². The molecular formula is C12H15ClN4O3. The first-order valence-electron chi connectivity index (χ1n) is 6.33. The first-order chi connectivity index (χ1) is 9.52. The molecule has 1 aromatic rings. The zero-order chi connectivity index (χ0) is 14.7. The average Bonchev–Trinajstić information content (AvgIpc) is 2.45. The summed E-state index contributed by atoms with van der Waals surface area (Å²) in [5.41, 5.74) is -0.124. The molecule has 1 N–H and O–H groups in total. The number of carbonyl (C=O) groups excluding carboxylic acids is 1. The maximum Gasteiger partial charge on any atom is 0.276 e. The molecule has 1 amide bonds. The van der Waals surface area contributed by atoms with Gasteiger partial charge in [-0.15, -0.1) is 0 Å². The zero-order valence-corrected chi connectivity index (χ0v) is 11.8. The fraction of sp³-hybridized carbons (Fsp3) is 0.500. The van der Waals surface area contributed by atoms with Crippen LogP contribution in [0, 0.1) is 10.1 Å². The Balaban J connectivity index is 2.37. The normalized spacial score (nSPS) is 18.7. The zero-order valence-electron chi connectivity index (χ0n) is 11.0. The van der Waals surface area contributed by atoms with Crippen LogP contribution in [0.3, 0.4) is 0 Å². The number of amides is 1. The van der Waals surface area contributed by atoms with E-state index in [4.69, 9.17) is 11.6 Å². The van der Waals surface area contributed by atoms with Crippen LogP contribution in [0.15, 0.2) is 12.1 Å². The third kappa shape index (κ3) is 2.98. The summed E-state index contributed by atoms with van der Waals surface area (Å²) in [6, 6.07) is 2.19. The van der Waals surface area contributed by atoms with Crippen LogP contribution in [0.5, 0.6) is 0 Å². The maximum absolute atomic E-state index is 11.9. The number of nitro groups is 1. The lowest BCUT2D eigenvalue weighted by molar-refractivity contribution is -0.384. The van der Waals surface area contributed by atoms with E-state index in [-0.39, 0.29) is 22.8 Å². The highest BCUT2D eigenvalue weighted by atomic mass is 35.5. The Hall–Kier alpha value is -1.89. The average molecular weight is 299 g/mol. The smallest absolute Gasteiger partial charge is 0.276 e. The Labute approximate surface area is 121 Å². The van der Waals surface area contributed by atoms with E-state index in [1.165, 1.54) is 12.1 Å². The van der Waals surface area contributed by atoms with Crippen LogP contribution in [-0.2, 0) is 4.79 Å². The minimum Gasteiger partial charge on any atom is -0.357 e. The number of likely N-dealkylation sites (N-methyl/N-ethyl adjacent to an activating group) is 1. The molecule has 1 atom stereocenters. The number of halogens is 1.